The van der Waals surface area contributed by atoms with E-state index in [4.69, 9.17) is 16.6 Å². The van der Waals surface area contributed by atoms with Gasteiger partial charge in [-0.3, -0.25) is 14.5 Å². The summed E-state index contributed by atoms with van der Waals surface area (Å²) in [5.74, 6) is 1.14. The molecule has 3 aromatic rings. The highest BCUT2D eigenvalue weighted by molar-refractivity contribution is 6.35. The molecule has 7 heteroatoms. The third-order valence-corrected chi connectivity index (χ3v) is 4.94. The fourth-order valence-corrected chi connectivity index (χ4v) is 3.60. The summed E-state index contributed by atoms with van der Waals surface area (Å²) < 4.78 is 16.1. The van der Waals surface area contributed by atoms with Crippen LogP contribution in [0.2, 0.25) is 5.02 Å². The van der Waals surface area contributed by atoms with E-state index in [0.29, 0.717) is 35.2 Å². The summed E-state index contributed by atoms with van der Waals surface area (Å²) in [6, 6.07) is 12.1. The van der Waals surface area contributed by atoms with E-state index < -0.39 is 0 Å². The van der Waals surface area contributed by atoms with Crippen LogP contribution in [0.25, 0.3) is 5.69 Å². The third kappa shape index (κ3) is 3.37. The average Bonchev–Trinajstić information content (AvgIpc) is 2.98. The topological polar surface area (TPSA) is 46.3 Å². The Morgan fingerprint density at radius 2 is 2.04 bits per heavy atom. The van der Waals surface area contributed by atoms with Gasteiger partial charge in [0.05, 0.1) is 17.9 Å². The highest BCUT2D eigenvalue weighted by atomic mass is 35.5. The fourth-order valence-electron chi connectivity index (χ4n) is 3.37. The van der Waals surface area contributed by atoms with Crippen molar-refractivity contribution in [2.24, 2.45) is 4.99 Å². The Bertz CT molecular complexity index is 1070. The van der Waals surface area contributed by atoms with Gasteiger partial charge in [-0.1, -0.05) is 35.9 Å². The highest BCUT2D eigenvalue weighted by Gasteiger charge is 2.24. The quantitative estimate of drug-likeness (QED) is 0.613. The van der Waals surface area contributed by atoms with Crippen molar-refractivity contribution in [2.75, 3.05) is 13.6 Å². The molecule has 0 unspecified atom stereocenters. The Kier molecular flexibility index (Phi) is 5.07. The first-order valence-electron chi connectivity index (χ1n) is 8.90. The minimum absolute atomic E-state index is 0.328. The fraction of sp³-hybridized carbons (Fsp3) is 0.190. The Morgan fingerprint density at radius 3 is 2.82 bits per heavy atom. The van der Waals surface area contributed by atoms with Crippen molar-refractivity contribution < 1.29 is 4.39 Å². The molecule has 4 rings (SSSR count). The molecule has 0 bridgehead atoms. The molecule has 1 aromatic heterocycles. The van der Waals surface area contributed by atoms with E-state index in [0.717, 1.165) is 23.6 Å². The number of fused-ring (bicyclic) bond motifs is 3. The molecular formula is C21H19ClFN5. The molecule has 0 radical (unpaired) electrons. The molecule has 0 N–H and O–H groups in total. The second-order valence-corrected chi connectivity index (χ2v) is 7.07. The van der Waals surface area contributed by atoms with Crippen molar-refractivity contribution in [1.82, 2.24) is 19.7 Å². The van der Waals surface area contributed by atoms with Crippen molar-refractivity contribution in [3.63, 3.8) is 0 Å². The van der Waals surface area contributed by atoms with Crippen molar-refractivity contribution in [3.05, 3.63) is 88.7 Å². The Labute approximate surface area is 167 Å². The first-order chi connectivity index (χ1) is 13.6. The molecule has 1 aliphatic rings. The van der Waals surface area contributed by atoms with Gasteiger partial charge in [0.2, 0.25) is 0 Å². The summed E-state index contributed by atoms with van der Waals surface area (Å²) in [6.45, 7) is 5.40. The van der Waals surface area contributed by atoms with Gasteiger partial charge < -0.3 is 0 Å². The first-order valence-corrected chi connectivity index (χ1v) is 9.28. The molecule has 2 aromatic carbocycles. The van der Waals surface area contributed by atoms with Crippen LogP contribution in [0.3, 0.4) is 0 Å². The van der Waals surface area contributed by atoms with Crippen LogP contribution in [0.5, 0.6) is 0 Å². The van der Waals surface area contributed by atoms with Crippen LogP contribution >= 0.6 is 11.6 Å². The minimum Gasteiger partial charge on any atom is -0.295 e. The van der Waals surface area contributed by atoms with Gasteiger partial charge in [-0.2, -0.15) is 0 Å². The summed E-state index contributed by atoms with van der Waals surface area (Å²) in [6.07, 6.45) is 1.83. The van der Waals surface area contributed by atoms with Crippen LogP contribution in [0.15, 0.2) is 60.1 Å². The molecule has 28 heavy (non-hydrogen) atoms. The van der Waals surface area contributed by atoms with Crippen molar-refractivity contribution in [3.8, 4) is 5.69 Å². The molecule has 2 heterocycles. The smallest absolute Gasteiger partial charge is 0.159 e. The predicted molar refractivity (Wildman–Crippen MR) is 109 cm³/mol. The number of benzene rings is 2. The van der Waals surface area contributed by atoms with Crippen molar-refractivity contribution in [1.29, 1.82) is 0 Å². The van der Waals surface area contributed by atoms with Gasteiger partial charge >= 0.3 is 0 Å². The SMILES string of the molecule is C=CCN(C)Cc1nnc2n1-c1ccc(F)cc1C(c1ccccc1Cl)=NC2. The lowest BCUT2D eigenvalue weighted by Gasteiger charge is -2.17. The van der Waals surface area contributed by atoms with Gasteiger partial charge in [0.1, 0.15) is 12.4 Å². The maximum Gasteiger partial charge on any atom is 0.159 e. The van der Waals surface area contributed by atoms with Gasteiger partial charge in [-0.15, -0.1) is 16.8 Å². The summed E-state index contributed by atoms with van der Waals surface area (Å²) in [4.78, 5) is 6.80. The molecule has 0 atom stereocenters. The number of rotatable bonds is 5. The molecule has 0 spiro atoms. The molecule has 0 aliphatic carbocycles. The predicted octanol–water partition coefficient (Wildman–Crippen LogP) is 4.03. The number of nitrogens with zero attached hydrogens (tertiary/aromatic N) is 5. The average molecular weight is 396 g/mol. The number of halogens is 2. The molecule has 5 nitrogen and oxygen atoms in total. The Hall–Kier alpha value is -2.83. The molecule has 0 saturated carbocycles. The van der Waals surface area contributed by atoms with Gasteiger partial charge in [-0.25, -0.2) is 4.39 Å². The second-order valence-electron chi connectivity index (χ2n) is 6.66. The normalized spacial score (nSPS) is 12.9. The summed E-state index contributed by atoms with van der Waals surface area (Å²) in [7, 11) is 1.98. The first kappa shape index (κ1) is 18.5. The maximum atomic E-state index is 14.2. The molecule has 142 valence electrons. The zero-order valence-electron chi connectivity index (χ0n) is 15.4. The second kappa shape index (κ2) is 7.66. The summed E-state index contributed by atoms with van der Waals surface area (Å²) in [5, 5.41) is 9.24. The van der Waals surface area contributed by atoms with Crippen LogP contribution in [-0.4, -0.2) is 39.0 Å². The number of likely N-dealkylation sites (N-methyl/N-ethyl adjacent to an activating group) is 1. The van der Waals surface area contributed by atoms with Crippen LogP contribution < -0.4 is 0 Å². The van der Waals surface area contributed by atoms with E-state index in [-0.39, 0.29) is 5.82 Å². The van der Waals surface area contributed by atoms with Crippen LogP contribution in [0.4, 0.5) is 4.39 Å². The number of hydrogen-bond acceptors (Lipinski definition) is 4. The van der Waals surface area contributed by atoms with Gasteiger partial charge in [0, 0.05) is 22.7 Å². The molecule has 0 fully saturated rings. The van der Waals surface area contributed by atoms with Crippen molar-refractivity contribution in [2.45, 2.75) is 13.1 Å². The lowest BCUT2D eigenvalue weighted by molar-refractivity contribution is 0.350. The van der Waals surface area contributed by atoms with Gasteiger partial charge in [0.15, 0.2) is 11.6 Å². The standard InChI is InChI=1S/C21H19ClFN5/c1-3-10-27(2)13-20-26-25-19-12-24-21(15-6-4-5-7-17(15)22)16-11-14(23)8-9-18(16)28(19)20/h3-9,11H,1,10,12-13H2,2H3. The number of hydrogen-bond donors (Lipinski definition) is 0. The van der Waals surface area contributed by atoms with E-state index in [9.17, 15) is 4.39 Å². The lowest BCUT2D eigenvalue weighted by Crippen LogP contribution is -2.21. The third-order valence-electron chi connectivity index (χ3n) is 4.61. The highest BCUT2D eigenvalue weighted by Crippen LogP contribution is 2.29. The zero-order valence-corrected chi connectivity index (χ0v) is 16.2. The summed E-state index contributed by atoms with van der Waals surface area (Å²) in [5.41, 5.74) is 2.87. The van der Waals surface area contributed by atoms with Crippen LogP contribution in [-0.2, 0) is 13.1 Å². The van der Waals surface area contributed by atoms with E-state index in [1.54, 1.807) is 12.1 Å². The summed E-state index contributed by atoms with van der Waals surface area (Å²) >= 11 is 6.41. The Balaban J connectivity index is 1.88. The van der Waals surface area contributed by atoms with E-state index in [1.165, 1.54) is 12.1 Å². The van der Waals surface area contributed by atoms with Gasteiger partial charge in [0.25, 0.3) is 0 Å². The monoisotopic (exact) mass is 395 g/mol. The maximum absolute atomic E-state index is 14.2. The lowest BCUT2D eigenvalue weighted by atomic mass is 10.00. The number of aliphatic imine (C=N–C) groups is 1. The van der Waals surface area contributed by atoms with E-state index in [1.807, 2.05) is 35.9 Å². The molecule has 0 amide bonds. The van der Waals surface area contributed by atoms with E-state index >= 15 is 0 Å². The Morgan fingerprint density at radius 1 is 1.21 bits per heavy atom. The van der Waals surface area contributed by atoms with Crippen molar-refractivity contribution >= 4 is 17.3 Å². The minimum atomic E-state index is -0.333. The number of aromatic nitrogens is 3. The van der Waals surface area contributed by atoms with Crippen LogP contribution in [0.1, 0.15) is 22.8 Å². The molecular weight excluding hydrogens is 377 g/mol. The van der Waals surface area contributed by atoms with Gasteiger partial charge in [-0.05, 0) is 31.3 Å². The van der Waals surface area contributed by atoms with Crippen LogP contribution in [0, 0.1) is 5.82 Å². The van der Waals surface area contributed by atoms with E-state index in [2.05, 4.69) is 21.7 Å². The molecule has 1 aliphatic heterocycles. The largest absolute Gasteiger partial charge is 0.295 e. The zero-order chi connectivity index (χ0) is 19.7. The molecule has 0 saturated heterocycles.